The molecule has 0 saturated carbocycles. The van der Waals surface area contributed by atoms with E-state index in [0.717, 1.165) is 0 Å². The summed E-state index contributed by atoms with van der Waals surface area (Å²) in [4.78, 5) is 24.9. The van der Waals surface area contributed by atoms with E-state index in [1.165, 1.54) is 13.4 Å². The van der Waals surface area contributed by atoms with Crippen LogP contribution in [0.4, 0.5) is 5.69 Å². The molecular weight excluding hydrogens is 472 g/mol. The van der Waals surface area contributed by atoms with Gasteiger partial charge in [-0.3, -0.25) is 15.0 Å². The molecule has 186 valence electrons. The van der Waals surface area contributed by atoms with Crippen molar-refractivity contribution in [2.24, 2.45) is 5.73 Å². The average Bonchev–Trinajstić information content (AvgIpc) is 3.26. The van der Waals surface area contributed by atoms with E-state index in [2.05, 4.69) is 10.0 Å². The SMILES string of the molecule is CCCCS(=O)(=O)NC(Cc1ccc(NC(=O)c2occ3cc(C(=N)N)ccc23)cc1)C(=O)OC. The van der Waals surface area contributed by atoms with Crippen LogP contribution in [-0.2, 0) is 26.0 Å². The molecule has 0 radical (unpaired) electrons. The van der Waals surface area contributed by atoms with E-state index in [1.807, 2.05) is 6.92 Å². The number of nitrogen functional groups attached to an aromatic ring is 1. The smallest absolute Gasteiger partial charge is 0.324 e. The van der Waals surface area contributed by atoms with Gasteiger partial charge in [-0.2, -0.15) is 0 Å². The van der Waals surface area contributed by atoms with Crippen molar-refractivity contribution in [1.29, 1.82) is 5.41 Å². The molecule has 3 aromatic rings. The normalized spacial score (nSPS) is 12.3. The summed E-state index contributed by atoms with van der Waals surface area (Å²) in [5.74, 6) is -1.17. The van der Waals surface area contributed by atoms with E-state index in [-0.39, 0.29) is 23.8 Å². The molecule has 0 fully saturated rings. The summed E-state index contributed by atoms with van der Waals surface area (Å²) in [6.45, 7) is 1.88. The lowest BCUT2D eigenvalue weighted by Gasteiger charge is -2.17. The maximum Gasteiger partial charge on any atom is 0.324 e. The first kappa shape index (κ1) is 25.9. The van der Waals surface area contributed by atoms with Crippen molar-refractivity contribution in [2.45, 2.75) is 32.2 Å². The van der Waals surface area contributed by atoms with Crippen LogP contribution in [0.15, 0.2) is 53.1 Å². The monoisotopic (exact) mass is 500 g/mol. The van der Waals surface area contributed by atoms with E-state index in [1.54, 1.807) is 42.5 Å². The number of amidine groups is 1. The molecule has 5 N–H and O–H groups in total. The number of unbranched alkanes of at least 4 members (excludes halogenated alkanes) is 1. The average molecular weight is 501 g/mol. The number of methoxy groups -OCH3 is 1. The number of amides is 1. The van der Waals surface area contributed by atoms with Gasteiger partial charge in [0.05, 0.1) is 19.1 Å². The van der Waals surface area contributed by atoms with Crippen LogP contribution in [0.25, 0.3) is 10.8 Å². The minimum Gasteiger partial charge on any atom is -0.468 e. The molecule has 1 unspecified atom stereocenters. The summed E-state index contributed by atoms with van der Waals surface area (Å²) in [5.41, 5.74) is 7.20. The Morgan fingerprint density at radius 3 is 2.51 bits per heavy atom. The van der Waals surface area contributed by atoms with E-state index in [9.17, 15) is 18.0 Å². The van der Waals surface area contributed by atoms with Gasteiger partial charge in [-0.05, 0) is 42.7 Å². The number of anilines is 1. The van der Waals surface area contributed by atoms with Gasteiger partial charge in [0.15, 0.2) is 5.76 Å². The third kappa shape index (κ3) is 6.67. The number of carbonyl (C=O) groups is 2. The summed E-state index contributed by atoms with van der Waals surface area (Å²) in [6.07, 6.45) is 2.71. The highest BCUT2D eigenvalue weighted by molar-refractivity contribution is 7.89. The van der Waals surface area contributed by atoms with Crippen molar-refractivity contribution in [3.63, 3.8) is 0 Å². The zero-order chi connectivity index (χ0) is 25.6. The van der Waals surface area contributed by atoms with Gasteiger partial charge in [0.2, 0.25) is 10.0 Å². The number of ether oxygens (including phenoxy) is 1. The van der Waals surface area contributed by atoms with Crippen LogP contribution in [0.1, 0.15) is 41.4 Å². The Kier molecular flexibility index (Phi) is 8.26. The summed E-state index contributed by atoms with van der Waals surface area (Å²) in [5, 5.41) is 11.5. The maximum absolute atomic E-state index is 12.7. The number of hydrogen-bond acceptors (Lipinski definition) is 7. The molecule has 10 nitrogen and oxygen atoms in total. The van der Waals surface area contributed by atoms with Crippen molar-refractivity contribution in [3.05, 3.63) is 65.6 Å². The van der Waals surface area contributed by atoms with Crippen molar-refractivity contribution in [1.82, 2.24) is 4.72 Å². The molecule has 3 rings (SSSR count). The summed E-state index contributed by atoms with van der Waals surface area (Å²) >= 11 is 0. The molecule has 0 bridgehead atoms. The van der Waals surface area contributed by atoms with Crippen molar-refractivity contribution >= 4 is 44.2 Å². The number of fused-ring (bicyclic) bond motifs is 1. The third-order valence-corrected chi connectivity index (χ3v) is 6.81. The van der Waals surface area contributed by atoms with Gasteiger partial charge in [0, 0.05) is 22.0 Å². The number of nitrogens with one attached hydrogen (secondary N) is 3. The molecule has 1 aromatic heterocycles. The number of benzene rings is 2. The first-order valence-electron chi connectivity index (χ1n) is 11.0. The highest BCUT2D eigenvalue weighted by Crippen LogP contribution is 2.24. The highest BCUT2D eigenvalue weighted by atomic mass is 32.2. The standard InChI is InChI=1S/C24H28N4O6S/c1-3-4-11-35(31,32)28-20(24(30)33-2)12-15-5-8-18(9-6-15)27-23(29)21-19-10-7-16(22(25)26)13-17(19)14-34-21/h5-10,13-14,20,28H,3-4,11-12H2,1-2H3,(H3,25,26)(H,27,29). The molecule has 1 heterocycles. The van der Waals surface area contributed by atoms with Crippen molar-refractivity contribution in [2.75, 3.05) is 18.2 Å². The largest absolute Gasteiger partial charge is 0.468 e. The molecule has 2 aromatic carbocycles. The highest BCUT2D eigenvalue weighted by Gasteiger charge is 2.25. The fraction of sp³-hybridized carbons (Fsp3) is 0.292. The number of sulfonamides is 1. The first-order chi connectivity index (χ1) is 16.6. The Morgan fingerprint density at radius 1 is 1.17 bits per heavy atom. The van der Waals surface area contributed by atoms with E-state index in [0.29, 0.717) is 40.4 Å². The van der Waals surface area contributed by atoms with Crippen LogP contribution in [-0.4, -0.2) is 45.0 Å². The van der Waals surface area contributed by atoms with E-state index >= 15 is 0 Å². The Hall–Kier alpha value is -3.70. The number of esters is 1. The molecular formula is C24H28N4O6S. The minimum absolute atomic E-state index is 0.0700. The lowest BCUT2D eigenvalue weighted by atomic mass is 10.1. The first-order valence-corrected chi connectivity index (χ1v) is 12.6. The zero-order valence-corrected chi connectivity index (χ0v) is 20.3. The summed E-state index contributed by atoms with van der Waals surface area (Å²) in [7, 11) is -2.43. The number of hydrogen-bond donors (Lipinski definition) is 4. The third-order valence-electron chi connectivity index (χ3n) is 5.34. The quantitative estimate of drug-likeness (QED) is 0.178. The van der Waals surface area contributed by atoms with Crippen LogP contribution in [0.2, 0.25) is 0 Å². The van der Waals surface area contributed by atoms with Crippen LogP contribution < -0.4 is 15.8 Å². The van der Waals surface area contributed by atoms with Gasteiger partial charge >= 0.3 is 5.97 Å². The Morgan fingerprint density at radius 2 is 1.89 bits per heavy atom. The fourth-order valence-electron chi connectivity index (χ4n) is 3.47. The van der Waals surface area contributed by atoms with Crippen LogP contribution >= 0.6 is 0 Å². The molecule has 0 saturated heterocycles. The van der Waals surface area contributed by atoms with Gasteiger partial charge < -0.3 is 20.2 Å². The van der Waals surface area contributed by atoms with Gasteiger partial charge in [-0.25, -0.2) is 13.1 Å². The van der Waals surface area contributed by atoms with Crippen LogP contribution in [0.3, 0.4) is 0 Å². The summed E-state index contributed by atoms with van der Waals surface area (Å²) in [6, 6.07) is 10.6. The van der Waals surface area contributed by atoms with Crippen molar-refractivity contribution in [3.8, 4) is 0 Å². The molecule has 0 aliphatic carbocycles. The molecule has 0 aliphatic heterocycles. The van der Waals surface area contributed by atoms with Crippen molar-refractivity contribution < 1.29 is 27.2 Å². The second-order valence-corrected chi connectivity index (χ2v) is 9.88. The number of furan rings is 1. The topological polar surface area (TPSA) is 165 Å². The molecule has 11 heteroatoms. The Balaban J connectivity index is 1.70. The number of carbonyl (C=O) groups excluding carboxylic acids is 2. The van der Waals surface area contributed by atoms with Crippen LogP contribution in [0, 0.1) is 5.41 Å². The predicted molar refractivity (Wildman–Crippen MR) is 133 cm³/mol. The summed E-state index contributed by atoms with van der Waals surface area (Å²) < 4.78 is 37.1. The second kappa shape index (κ2) is 11.2. The van der Waals surface area contributed by atoms with Gasteiger partial charge in [0.25, 0.3) is 5.91 Å². The minimum atomic E-state index is -3.63. The lowest BCUT2D eigenvalue weighted by Crippen LogP contribution is -2.43. The number of rotatable bonds is 11. The second-order valence-electron chi connectivity index (χ2n) is 8.00. The number of nitrogens with two attached hydrogens (primary N) is 1. The Labute approximate surface area is 203 Å². The van der Waals surface area contributed by atoms with E-state index in [4.69, 9.17) is 20.3 Å². The fourth-order valence-corrected chi connectivity index (χ4v) is 4.87. The zero-order valence-electron chi connectivity index (χ0n) is 19.5. The van der Waals surface area contributed by atoms with E-state index < -0.39 is 27.9 Å². The van der Waals surface area contributed by atoms with Gasteiger partial charge in [-0.15, -0.1) is 0 Å². The van der Waals surface area contributed by atoms with Crippen LogP contribution in [0.5, 0.6) is 0 Å². The van der Waals surface area contributed by atoms with Gasteiger partial charge in [-0.1, -0.05) is 31.5 Å². The maximum atomic E-state index is 12.7. The molecule has 1 atom stereocenters. The predicted octanol–water partition coefficient (Wildman–Crippen LogP) is 2.77. The molecule has 35 heavy (non-hydrogen) atoms. The molecule has 1 amide bonds. The molecule has 0 aliphatic rings. The van der Waals surface area contributed by atoms with Gasteiger partial charge in [0.1, 0.15) is 11.9 Å². The Bertz CT molecular complexity index is 1330. The molecule has 0 spiro atoms. The lowest BCUT2D eigenvalue weighted by molar-refractivity contribution is -0.142.